The van der Waals surface area contributed by atoms with Crippen LogP contribution in [-0.4, -0.2) is 30.6 Å². The van der Waals surface area contributed by atoms with E-state index in [0.29, 0.717) is 17.5 Å². The van der Waals surface area contributed by atoms with Crippen molar-refractivity contribution in [2.45, 2.75) is 51.5 Å². The van der Waals surface area contributed by atoms with Crippen molar-refractivity contribution >= 4 is 22.1 Å². The van der Waals surface area contributed by atoms with Gasteiger partial charge in [-0.1, -0.05) is 29.3 Å². The number of allylic oxidation sites excluding steroid dienone is 2. The maximum Gasteiger partial charge on any atom is 0.342 e. The van der Waals surface area contributed by atoms with Crippen molar-refractivity contribution in [3.8, 4) is 11.5 Å². The van der Waals surface area contributed by atoms with Gasteiger partial charge < -0.3 is 19.1 Å². The van der Waals surface area contributed by atoms with Gasteiger partial charge in [0.25, 0.3) is 0 Å². The number of carbonyl (C=O) groups is 2. The minimum absolute atomic E-state index is 0.0254. The van der Waals surface area contributed by atoms with Crippen LogP contribution in [0.4, 0.5) is 0 Å². The minimum Gasteiger partial charge on any atom is -0.507 e. The van der Waals surface area contributed by atoms with Crippen molar-refractivity contribution in [2.75, 3.05) is 0 Å². The maximum atomic E-state index is 12.9. The fourth-order valence-electron chi connectivity index (χ4n) is 3.38. The summed E-state index contributed by atoms with van der Waals surface area (Å²) in [5, 5.41) is 19.7. The molecule has 0 bridgehead atoms. The number of carbonyl (C=O) groups excluding carboxylic acids is 1. The third-order valence-corrected chi connectivity index (χ3v) is 6.57. The molecule has 1 aliphatic rings. The largest absolute Gasteiger partial charge is 0.507 e. The number of hydrogen-bond acceptors (Lipinski definition) is 7. The molecule has 32 heavy (non-hydrogen) atoms. The number of esters is 1. The van der Waals surface area contributed by atoms with Gasteiger partial charge >= 0.3 is 22.1 Å². The van der Waals surface area contributed by atoms with Gasteiger partial charge in [0.05, 0.1) is 0 Å². The molecule has 0 saturated carbocycles. The number of aryl methyl sites for hydroxylation is 1. The number of aliphatic carboxylic acids is 1. The number of benzene rings is 2. The molecule has 0 unspecified atom stereocenters. The van der Waals surface area contributed by atoms with E-state index in [2.05, 4.69) is 0 Å². The molecule has 8 nitrogen and oxygen atoms in total. The zero-order chi connectivity index (χ0) is 23.6. The lowest BCUT2D eigenvalue weighted by atomic mass is 9.95. The molecule has 0 aromatic heterocycles. The Morgan fingerprint density at radius 2 is 1.84 bits per heavy atom. The van der Waals surface area contributed by atoms with Crippen LogP contribution < -0.4 is 4.18 Å². The second kappa shape index (κ2) is 9.04. The molecule has 1 heterocycles. The van der Waals surface area contributed by atoms with Gasteiger partial charge in [0.15, 0.2) is 5.75 Å². The summed E-state index contributed by atoms with van der Waals surface area (Å²) in [6.07, 6.45) is 1.95. The van der Waals surface area contributed by atoms with Gasteiger partial charge in [-0.3, -0.25) is 4.79 Å². The lowest BCUT2D eigenvalue weighted by Crippen LogP contribution is -2.14. The number of carboxylic acid groups (broad SMARTS) is 1. The van der Waals surface area contributed by atoms with Gasteiger partial charge in [0.2, 0.25) is 0 Å². The Balaban J connectivity index is 2.09. The van der Waals surface area contributed by atoms with Gasteiger partial charge in [-0.05, 0) is 51.3 Å². The van der Waals surface area contributed by atoms with Crippen LogP contribution in [0.3, 0.4) is 0 Å². The SMILES string of the molecule is C/C(=C\Cc1c(O)c(C)c2c(c1OS(=O)(=O)c1ccc(C)cc1)C(=O)OC2)CCC(=O)O. The zero-order valence-corrected chi connectivity index (χ0v) is 18.8. The fourth-order valence-corrected chi connectivity index (χ4v) is 4.35. The first-order valence-corrected chi connectivity index (χ1v) is 11.3. The third-order valence-electron chi connectivity index (χ3n) is 5.34. The first-order valence-electron chi connectivity index (χ1n) is 9.94. The molecule has 3 rings (SSSR count). The van der Waals surface area contributed by atoms with Crippen LogP contribution in [0, 0.1) is 13.8 Å². The molecule has 0 saturated heterocycles. The van der Waals surface area contributed by atoms with Crippen LogP contribution in [0.2, 0.25) is 0 Å². The Hall–Kier alpha value is -3.33. The fraction of sp³-hybridized carbons (Fsp3) is 0.304. The monoisotopic (exact) mass is 460 g/mol. The molecule has 2 N–H and O–H groups in total. The van der Waals surface area contributed by atoms with E-state index in [1.54, 1.807) is 32.1 Å². The first-order chi connectivity index (χ1) is 15.0. The average molecular weight is 461 g/mol. The Kier molecular flexibility index (Phi) is 6.59. The molecule has 170 valence electrons. The molecule has 0 fully saturated rings. The summed E-state index contributed by atoms with van der Waals surface area (Å²) < 4.78 is 36.4. The van der Waals surface area contributed by atoms with Crippen LogP contribution in [0.15, 0.2) is 40.8 Å². The summed E-state index contributed by atoms with van der Waals surface area (Å²) in [5.74, 6) is -2.14. The highest BCUT2D eigenvalue weighted by Gasteiger charge is 2.35. The van der Waals surface area contributed by atoms with Gasteiger partial charge in [-0.2, -0.15) is 8.42 Å². The lowest BCUT2D eigenvalue weighted by Gasteiger charge is -2.17. The van der Waals surface area contributed by atoms with Gasteiger partial charge in [-0.15, -0.1) is 0 Å². The molecule has 2 aromatic rings. The summed E-state index contributed by atoms with van der Waals surface area (Å²) in [7, 11) is -4.30. The summed E-state index contributed by atoms with van der Waals surface area (Å²) in [6, 6.07) is 6.04. The van der Waals surface area contributed by atoms with Gasteiger partial charge in [0.1, 0.15) is 22.8 Å². The number of rotatable bonds is 8. The number of hydrogen-bond donors (Lipinski definition) is 2. The Morgan fingerprint density at radius 1 is 1.19 bits per heavy atom. The Morgan fingerprint density at radius 3 is 2.47 bits per heavy atom. The van der Waals surface area contributed by atoms with Gasteiger partial charge in [-0.25, -0.2) is 4.79 Å². The lowest BCUT2D eigenvalue weighted by molar-refractivity contribution is -0.136. The van der Waals surface area contributed by atoms with Crippen molar-refractivity contribution < 1.29 is 37.1 Å². The summed E-state index contributed by atoms with van der Waals surface area (Å²) in [5.41, 5.74) is 2.46. The topological polar surface area (TPSA) is 127 Å². The van der Waals surface area contributed by atoms with E-state index in [-0.39, 0.29) is 47.0 Å². The number of aromatic hydroxyl groups is 1. The van der Waals surface area contributed by atoms with E-state index >= 15 is 0 Å². The van der Waals surface area contributed by atoms with Crippen molar-refractivity contribution in [1.29, 1.82) is 0 Å². The molecule has 2 aromatic carbocycles. The number of fused-ring (bicyclic) bond motifs is 1. The molecule has 1 aliphatic heterocycles. The normalized spacial score (nSPS) is 13.6. The summed E-state index contributed by atoms with van der Waals surface area (Å²) in [4.78, 5) is 23.1. The predicted molar refractivity (Wildman–Crippen MR) is 115 cm³/mol. The maximum absolute atomic E-state index is 12.9. The zero-order valence-electron chi connectivity index (χ0n) is 18.0. The smallest absolute Gasteiger partial charge is 0.342 e. The van der Waals surface area contributed by atoms with Crippen LogP contribution in [0.5, 0.6) is 11.5 Å². The molecule has 9 heteroatoms. The summed E-state index contributed by atoms with van der Waals surface area (Å²) in [6.45, 7) is 5.06. The van der Waals surface area contributed by atoms with E-state index < -0.39 is 22.1 Å². The molecular weight excluding hydrogens is 436 g/mol. The van der Waals surface area contributed by atoms with Crippen LogP contribution in [0.1, 0.15) is 52.4 Å². The molecule has 0 aliphatic carbocycles. The quantitative estimate of drug-likeness (QED) is 0.346. The Bertz CT molecular complexity index is 1210. The van der Waals surface area contributed by atoms with Crippen LogP contribution >= 0.6 is 0 Å². The highest BCUT2D eigenvalue weighted by molar-refractivity contribution is 7.87. The second-order valence-electron chi connectivity index (χ2n) is 7.71. The predicted octanol–water partition coefficient (Wildman–Crippen LogP) is 3.80. The second-order valence-corrected chi connectivity index (χ2v) is 9.26. The minimum atomic E-state index is -4.30. The van der Waals surface area contributed by atoms with Gasteiger partial charge in [0, 0.05) is 17.5 Å². The number of phenols is 1. The molecule has 0 amide bonds. The standard InChI is InChI=1S/C23H24O8S/c1-13-4-8-16(9-5-13)32(28,29)31-22-17(10-6-14(2)7-11-19(24)25)21(26)15(3)18-12-30-23(27)20(18)22/h4-6,8-9,26H,7,10-12H2,1-3H3,(H,24,25)/b14-6+. The van der Waals surface area contributed by atoms with Crippen molar-refractivity contribution in [3.05, 3.63) is 63.7 Å². The number of carboxylic acids is 1. The van der Waals surface area contributed by atoms with Crippen molar-refractivity contribution in [1.82, 2.24) is 0 Å². The first kappa shape index (κ1) is 23.3. The molecule has 0 spiro atoms. The highest BCUT2D eigenvalue weighted by atomic mass is 32.2. The summed E-state index contributed by atoms with van der Waals surface area (Å²) >= 11 is 0. The van der Waals surface area contributed by atoms with E-state index in [1.165, 1.54) is 12.1 Å². The number of phenolic OH excluding ortho intramolecular Hbond substituents is 1. The van der Waals surface area contributed by atoms with E-state index in [1.807, 2.05) is 6.92 Å². The average Bonchev–Trinajstić information content (AvgIpc) is 3.11. The molecule has 0 radical (unpaired) electrons. The Labute approximate surface area is 186 Å². The van der Waals surface area contributed by atoms with E-state index in [0.717, 1.165) is 11.1 Å². The van der Waals surface area contributed by atoms with Crippen molar-refractivity contribution in [2.24, 2.45) is 0 Å². The van der Waals surface area contributed by atoms with Crippen molar-refractivity contribution in [3.63, 3.8) is 0 Å². The third kappa shape index (κ3) is 4.77. The molecule has 0 atom stereocenters. The molecular formula is C23H24O8S. The van der Waals surface area contributed by atoms with E-state index in [4.69, 9.17) is 14.0 Å². The van der Waals surface area contributed by atoms with Crippen LogP contribution in [-0.2, 0) is 32.7 Å². The van der Waals surface area contributed by atoms with Crippen LogP contribution in [0.25, 0.3) is 0 Å². The number of cyclic esters (lactones) is 1. The highest BCUT2D eigenvalue weighted by Crippen LogP contribution is 2.43. The number of ether oxygens (including phenoxy) is 1. The van der Waals surface area contributed by atoms with E-state index in [9.17, 15) is 23.1 Å².